The molecule has 0 spiro atoms. The number of phosphoric acid groups is 2. The van der Waals surface area contributed by atoms with E-state index >= 15 is 0 Å². The van der Waals surface area contributed by atoms with Gasteiger partial charge < -0.3 is 33.8 Å². The number of carbonyl (C=O) groups is 4. The lowest BCUT2D eigenvalue weighted by molar-refractivity contribution is -0.161. The Morgan fingerprint density at radius 3 is 0.835 bits per heavy atom. The van der Waals surface area contributed by atoms with E-state index in [9.17, 15) is 43.2 Å². The van der Waals surface area contributed by atoms with Crippen LogP contribution in [-0.2, 0) is 65.4 Å². The average Bonchev–Trinajstić information content (AvgIpc) is 3.55. The van der Waals surface area contributed by atoms with E-state index in [1.807, 2.05) is 0 Å². The molecule has 504 valence electrons. The molecule has 0 fully saturated rings. The highest BCUT2D eigenvalue weighted by atomic mass is 31.2. The molecule has 0 aliphatic carbocycles. The molecule has 0 aliphatic heterocycles. The molecule has 0 bridgehead atoms. The van der Waals surface area contributed by atoms with E-state index in [0.717, 1.165) is 114 Å². The molecular weight excluding hydrogens is 1130 g/mol. The van der Waals surface area contributed by atoms with Crippen LogP contribution in [0.3, 0.4) is 0 Å². The van der Waals surface area contributed by atoms with Crippen LogP contribution in [-0.4, -0.2) is 96.7 Å². The van der Waals surface area contributed by atoms with Crippen molar-refractivity contribution in [1.82, 2.24) is 0 Å². The van der Waals surface area contributed by atoms with Crippen molar-refractivity contribution in [2.45, 2.75) is 337 Å². The van der Waals surface area contributed by atoms with Crippen molar-refractivity contribution >= 4 is 39.5 Å². The minimum absolute atomic E-state index is 0.103. The quantitative estimate of drug-likeness (QED) is 0.0222. The Morgan fingerprint density at radius 1 is 0.329 bits per heavy atom. The molecule has 0 rings (SSSR count). The van der Waals surface area contributed by atoms with Gasteiger partial charge in [-0.15, -0.1) is 0 Å². The molecule has 3 N–H and O–H groups in total. The van der Waals surface area contributed by atoms with Crippen molar-refractivity contribution < 1.29 is 80.2 Å². The van der Waals surface area contributed by atoms with Crippen LogP contribution in [0.2, 0.25) is 0 Å². The number of hydrogen-bond acceptors (Lipinski definition) is 15. The number of ether oxygens (including phenoxy) is 4. The summed E-state index contributed by atoms with van der Waals surface area (Å²) in [5, 5.41) is 10.5. The molecule has 17 nitrogen and oxygen atoms in total. The van der Waals surface area contributed by atoms with Gasteiger partial charge in [-0.05, 0) is 49.4 Å². The predicted octanol–water partition coefficient (Wildman–Crippen LogP) is 18.1. The minimum Gasteiger partial charge on any atom is -0.462 e. The Morgan fingerprint density at radius 2 is 0.565 bits per heavy atom. The van der Waals surface area contributed by atoms with E-state index in [0.29, 0.717) is 31.6 Å². The van der Waals surface area contributed by atoms with Gasteiger partial charge >= 0.3 is 39.5 Å². The summed E-state index contributed by atoms with van der Waals surface area (Å²) in [4.78, 5) is 72.3. The lowest BCUT2D eigenvalue weighted by atomic mass is 9.99. The number of aliphatic hydroxyl groups excluding tert-OH is 1. The smallest absolute Gasteiger partial charge is 0.462 e. The second kappa shape index (κ2) is 56.1. The van der Waals surface area contributed by atoms with E-state index in [1.54, 1.807) is 0 Å². The molecule has 0 radical (unpaired) electrons. The van der Waals surface area contributed by atoms with Gasteiger partial charge in [0.2, 0.25) is 0 Å². The van der Waals surface area contributed by atoms with Crippen LogP contribution in [0.5, 0.6) is 0 Å². The van der Waals surface area contributed by atoms with Crippen molar-refractivity contribution in [2.75, 3.05) is 39.6 Å². The molecule has 0 aliphatic rings. The molecule has 0 saturated carbocycles. The van der Waals surface area contributed by atoms with Crippen LogP contribution in [0.15, 0.2) is 0 Å². The Kier molecular flexibility index (Phi) is 54.8. The third-order valence-electron chi connectivity index (χ3n) is 15.4. The predicted molar refractivity (Wildman–Crippen MR) is 340 cm³/mol. The lowest BCUT2D eigenvalue weighted by Crippen LogP contribution is -2.30. The summed E-state index contributed by atoms with van der Waals surface area (Å²) in [6.45, 7) is 14.0. The third kappa shape index (κ3) is 59.5. The van der Waals surface area contributed by atoms with E-state index < -0.39 is 97.5 Å². The van der Waals surface area contributed by atoms with Crippen molar-refractivity contribution in [3.63, 3.8) is 0 Å². The molecule has 85 heavy (non-hydrogen) atoms. The Hall–Kier alpha value is -1.94. The van der Waals surface area contributed by atoms with Gasteiger partial charge in [0, 0.05) is 25.7 Å². The van der Waals surface area contributed by atoms with Crippen LogP contribution in [0.4, 0.5) is 0 Å². The summed E-state index contributed by atoms with van der Waals surface area (Å²) in [6.07, 6.45) is 36.3. The molecule has 0 amide bonds. The molecule has 19 heteroatoms. The lowest BCUT2D eigenvalue weighted by Gasteiger charge is -2.21. The Labute approximate surface area is 517 Å². The van der Waals surface area contributed by atoms with Gasteiger partial charge in [0.15, 0.2) is 12.2 Å². The van der Waals surface area contributed by atoms with E-state index in [1.165, 1.54) is 116 Å². The topological polar surface area (TPSA) is 237 Å². The Balaban J connectivity index is 5.26. The van der Waals surface area contributed by atoms with Crippen LogP contribution in [0, 0.1) is 23.7 Å². The van der Waals surface area contributed by atoms with E-state index in [-0.39, 0.29) is 25.7 Å². The fourth-order valence-electron chi connectivity index (χ4n) is 9.75. The summed E-state index contributed by atoms with van der Waals surface area (Å²) >= 11 is 0. The van der Waals surface area contributed by atoms with Gasteiger partial charge in [-0.1, -0.05) is 267 Å². The summed E-state index contributed by atoms with van der Waals surface area (Å²) in [5.74, 6) is 0.787. The third-order valence-corrected chi connectivity index (χ3v) is 17.3. The molecule has 0 saturated heterocycles. The van der Waals surface area contributed by atoms with Crippen LogP contribution < -0.4 is 0 Å². The fraction of sp³-hybridized carbons (Fsp3) is 0.939. The standard InChI is InChI=1S/C66H128O17P2/c1-9-59(8)45-37-29-20-15-17-23-33-41-49-66(71)82-61(52-76-63(68)46-38-30-21-13-11-10-12-18-26-34-42-56(2)3)54-80-84(72,73)78-50-60(67)51-79-85(74,75)81-55-62(53-77-64(69)47-39-31-25-24-28-36-44-58(6)7)83-65(70)48-40-32-22-16-14-19-27-35-43-57(4)5/h56-62,67H,9-55H2,1-8H3,(H,72,73)(H,74,75)/t59?,60-,61-,62-/m1/s1. The largest absolute Gasteiger partial charge is 0.472 e. The SMILES string of the molecule is CCC(C)CCCCCCCCCCC(=O)O[C@H](COC(=O)CCCCCCCCCCCCC(C)C)COP(=O)(O)OC[C@@H](O)COP(=O)(O)OC[C@@H](COC(=O)CCCCCCCCC(C)C)OC(=O)CCCCCCCCCCC(C)C. The molecule has 0 aromatic rings. The zero-order valence-corrected chi connectivity index (χ0v) is 57.0. The van der Waals surface area contributed by atoms with Gasteiger partial charge in [-0.2, -0.15) is 0 Å². The monoisotopic (exact) mass is 1250 g/mol. The molecule has 6 atom stereocenters. The average molecular weight is 1260 g/mol. The molecular formula is C66H128O17P2. The number of unbranched alkanes of at least 4 members (excludes halogenated alkanes) is 28. The maximum Gasteiger partial charge on any atom is 0.472 e. The normalized spacial score (nSPS) is 14.7. The highest BCUT2D eigenvalue weighted by molar-refractivity contribution is 7.47. The van der Waals surface area contributed by atoms with Gasteiger partial charge in [0.1, 0.15) is 19.3 Å². The summed E-state index contributed by atoms with van der Waals surface area (Å²) in [7, 11) is -9.89. The first-order valence-corrected chi connectivity index (χ1v) is 37.2. The molecule has 0 heterocycles. The number of rotatable bonds is 63. The first-order chi connectivity index (χ1) is 40.6. The molecule has 0 aromatic heterocycles. The summed E-state index contributed by atoms with van der Waals surface area (Å²) in [5.41, 5.74) is 0. The highest BCUT2D eigenvalue weighted by Gasteiger charge is 2.30. The van der Waals surface area contributed by atoms with Crippen molar-refractivity contribution in [2.24, 2.45) is 23.7 Å². The van der Waals surface area contributed by atoms with Crippen molar-refractivity contribution in [1.29, 1.82) is 0 Å². The maximum absolute atomic E-state index is 13.0. The number of carbonyl (C=O) groups excluding carboxylic acids is 4. The zero-order chi connectivity index (χ0) is 63.2. The van der Waals surface area contributed by atoms with Crippen LogP contribution in [0.25, 0.3) is 0 Å². The van der Waals surface area contributed by atoms with E-state index in [2.05, 4.69) is 55.4 Å². The van der Waals surface area contributed by atoms with Crippen LogP contribution in [0.1, 0.15) is 319 Å². The van der Waals surface area contributed by atoms with Crippen molar-refractivity contribution in [3.05, 3.63) is 0 Å². The van der Waals surface area contributed by atoms with Crippen LogP contribution >= 0.6 is 15.6 Å². The van der Waals surface area contributed by atoms with E-state index in [4.69, 9.17) is 37.0 Å². The van der Waals surface area contributed by atoms with Crippen molar-refractivity contribution in [3.8, 4) is 0 Å². The number of phosphoric ester groups is 2. The number of esters is 4. The second-order valence-electron chi connectivity index (χ2n) is 25.5. The second-order valence-corrected chi connectivity index (χ2v) is 28.4. The summed E-state index contributed by atoms with van der Waals surface area (Å²) in [6, 6.07) is 0. The van der Waals surface area contributed by atoms with Gasteiger partial charge in [0.05, 0.1) is 26.4 Å². The maximum atomic E-state index is 13.0. The Bertz CT molecular complexity index is 1700. The highest BCUT2D eigenvalue weighted by Crippen LogP contribution is 2.45. The zero-order valence-electron chi connectivity index (χ0n) is 55.2. The number of hydrogen-bond donors (Lipinski definition) is 3. The first kappa shape index (κ1) is 83.1. The fourth-order valence-corrected chi connectivity index (χ4v) is 11.3. The van der Waals surface area contributed by atoms with Gasteiger partial charge in [-0.3, -0.25) is 37.3 Å². The summed E-state index contributed by atoms with van der Waals surface area (Å²) < 4.78 is 68.1. The van der Waals surface area contributed by atoms with Gasteiger partial charge in [0.25, 0.3) is 0 Å². The minimum atomic E-state index is -4.95. The molecule has 3 unspecified atom stereocenters. The number of aliphatic hydroxyl groups is 1. The van der Waals surface area contributed by atoms with Gasteiger partial charge in [-0.25, -0.2) is 9.13 Å². The first-order valence-electron chi connectivity index (χ1n) is 34.2. The molecule has 0 aromatic carbocycles.